The van der Waals surface area contributed by atoms with Gasteiger partial charge in [0, 0.05) is 36.2 Å². The van der Waals surface area contributed by atoms with E-state index < -0.39 is 11.5 Å². The summed E-state index contributed by atoms with van der Waals surface area (Å²) in [6.45, 7) is 7.39. The van der Waals surface area contributed by atoms with Crippen LogP contribution in [-0.4, -0.2) is 37.2 Å². The van der Waals surface area contributed by atoms with Crippen molar-refractivity contribution in [1.29, 1.82) is 0 Å². The van der Waals surface area contributed by atoms with Gasteiger partial charge in [-0.1, -0.05) is 0 Å². The van der Waals surface area contributed by atoms with Crippen LogP contribution < -0.4 is 0 Å². The molecule has 0 spiro atoms. The van der Waals surface area contributed by atoms with Gasteiger partial charge in [-0.05, 0) is 18.9 Å². The second kappa shape index (κ2) is 5.62. The molecule has 3 heterocycles. The third kappa shape index (κ3) is 2.65. The zero-order chi connectivity index (χ0) is 17.5. The Morgan fingerprint density at radius 3 is 2.80 bits per heavy atom. The Kier molecular flexibility index (Phi) is 3.53. The van der Waals surface area contributed by atoms with Crippen molar-refractivity contribution in [3.05, 3.63) is 42.4 Å². The molecule has 1 aliphatic carbocycles. The molecule has 0 saturated heterocycles. The second-order valence-corrected chi connectivity index (χ2v) is 6.53. The number of hydrogen-bond donors (Lipinski definition) is 1. The lowest BCUT2D eigenvalue weighted by Gasteiger charge is -2.36. The summed E-state index contributed by atoms with van der Waals surface area (Å²) in [5, 5.41) is 5.28. The van der Waals surface area contributed by atoms with Gasteiger partial charge in [0.1, 0.15) is 17.5 Å². The lowest BCUT2D eigenvalue weighted by Crippen LogP contribution is -2.43. The molecule has 0 bridgehead atoms. The maximum atomic E-state index is 13.6. The van der Waals surface area contributed by atoms with Crippen molar-refractivity contribution < 1.29 is 8.78 Å². The number of alkyl halides is 2. The van der Waals surface area contributed by atoms with Crippen molar-refractivity contribution in [3.8, 4) is 11.3 Å². The molecule has 1 saturated carbocycles. The van der Waals surface area contributed by atoms with E-state index in [1.807, 2.05) is 12.3 Å². The zero-order valence-electron chi connectivity index (χ0n) is 13.4. The van der Waals surface area contributed by atoms with Crippen LogP contribution in [0.5, 0.6) is 0 Å². The van der Waals surface area contributed by atoms with Gasteiger partial charge >= 0.3 is 0 Å². The van der Waals surface area contributed by atoms with Crippen LogP contribution in [0.4, 0.5) is 8.78 Å². The number of hydrogen-bond acceptors (Lipinski definition) is 3. The van der Waals surface area contributed by atoms with Crippen LogP contribution in [0.1, 0.15) is 25.7 Å². The zero-order valence-corrected chi connectivity index (χ0v) is 13.4. The highest BCUT2D eigenvalue weighted by atomic mass is 19.3. The van der Waals surface area contributed by atoms with Crippen LogP contribution >= 0.6 is 0 Å². The van der Waals surface area contributed by atoms with Crippen LogP contribution in [0.15, 0.2) is 31.0 Å². The third-order valence-corrected chi connectivity index (χ3v) is 4.98. The molecule has 0 aromatic carbocycles. The Labute approximate surface area is 142 Å². The Balaban J connectivity index is 1.72. The fraction of sp³-hybridized carbons (Fsp3) is 0.412. The molecule has 128 valence electrons. The molecule has 25 heavy (non-hydrogen) atoms. The number of aromatic nitrogens is 5. The lowest BCUT2D eigenvalue weighted by molar-refractivity contribution is -0.0627. The fourth-order valence-corrected chi connectivity index (χ4v) is 3.49. The molecule has 1 N–H and O–H groups in total. The van der Waals surface area contributed by atoms with E-state index in [1.165, 1.54) is 6.33 Å². The van der Waals surface area contributed by atoms with E-state index in [0.717, 1.165) is 22.3 Å². The molecule has 6 nitrogen and oxygen atoms in total. The molecular weight excluding hydrogens is 326 g/mol. The van der Waals surface area contributed by atoms with Crippen molar-refractivity contribution in [2.45, 2.75) is 37.1 Å². The Morgan fingerprint density at radius 2 is 2.04 bits per heavy atom. The second-order valence-electron chi connectivity index (χ2n) is 6.53. The topological polar surface area (TPSA) is 63.8 Å². The maximum absolute atomic E-state index is 13.6. The highest BCUT2D eigenvalue weighted by molar-refractivity contribution is 5.89. The van der Waals surface area contributed by atoms with E-state index >= 15 is 0 Å². The van der Waals surface area contributed by atoms with Crippen LogP contribution in [0.25, 0.3) is 27.1 Å². The van der Waals surface area contributed by atoms with Gasteiger partial charge in [-0.15, -0.1) is 0 Å². The number of rotatable bonds is 3. The average Bonchev–Trinajstić information content (AvgIpc) is 3.26. The van der Waals surface area contributed by atoms with Crippen molar-refractivity contribution in [1.82, 2.24) is 24.7 Å². The molecule has 0 radical (unpaired) electrons. The number of fused-ring (bicyclic) bond motifs is 1. The van der Waals surface area contributed by atoms with Crippen molar-refractivity contribution in [2.24, 2.45) is 0 Å². The van der Waals surface area contributed by atoms with E-state index in [4.69, 9.17) is 6.57 Å². The summed E-state index contributed by atoms with van der Waals surface area (Å²) in [5.74, 6) is -2.65. The first-order valence-corrected chi connectivity index (χ1v) is 8.08. The molecule has 8 heteroatoms. The standard InChI is InChI=1S/C17H16F2N6/c1-20-10-16(3-5-17(18,19)6-4-16)25-9-12(8-24-25)14-13-2-7-21-15(13)23-11-22-14/h2,7-9,11H,3-6,10H2,(H,21,22,23). The van der Waals surface area contributed by atoms with Crippen LogP contribution in [-0.2, 0) is 5.54 Å². The fourth-order valence-electron chi connectivity index (χ4n) is 3.49. The summed E-state index contributed by atoms with van der Waals surface area (Å²) in [7, 11) is 0. The molecule has 3 aromatic heterocycles. The highest BCUT2D eigenvalue weighted by Crippen LogP contribution is 2.43. The van der Waals surface area contributed by atoms with Gasteiger partial charge in [0.2, 0.25) is 12.5 Å². The first-order chi connectivity index (χ1) is 12.0. The van der Waals surface area contributed by atoms with Crippen LogP contribution in [0.2, 0.25) is 0 Å². The van der Waals surface area contributed by atoms with E-state index in [-0.39, 0.29) is 32.2 Å². The predicted molar refractivity (Wildman–Crippen MR) is 88.0 cm³/mol. The van der Waals surface area contributed by atoms with E-state index in [0.29, 0.717) is 0 Å². The first-order valence-electron chi connectivity index (χ1n) is 8.08. The van der Waals surface area contributed by atoms with Gasteiger partial charge < -0.3 is 9.83 Å². The third-order valence-electron chi connectivity index (χ3n) is 4.98. The van der Waals surface area contributed by atoms with Gasteiger partial charge in [0.15, 0.2) is 0 Å². The SMILES string of the molecule is [C-]#[N+]CC1(n2cc(-c3ncnc4[nH]ccc34)cn2)CCC(F)(F)CC1. The van der Waals surface area contributed by atoms with Crippen molar-refractivity contribution in [2.75, 3.05) is 6.54 Å². The normalized spacial score (nSPS) is 18.9. The number of nitrogens with zero attached hydrogens (tertiary/aromatic N) is 5. The summed E-state index contributed by atoms with van der Waals surface area (Å²) >= 11 is 0. The van der Waals surface area contributed by atoms with E-state index in [1.54, 1.807) is 17.1 Å². The molecule has 3 aromatic rings. The van der Waals surface area contributed by atoms with Crippen LogP contribution in [0.3, 0.4) is 0 Å². The summed E-state index contributed by atoms with van der Waals surface area (Å²) < 4.78 is 28.9. The van der Waals surface area contributed by atoms with Gasteiger partial charge in [-0.2, -0.15) is 5.10 Å². The Bertz CT molecular complexity index is 941. The number of nitrogens with one attached hydrogen (secondary N) is 1. The highest BCUT2D eigenvalue weighted by Gasteiger charge is 2.47. The summed E-state index contributed by atoms with van der Waals surface area (Å²) in [6.07, 6.45) is 6.80. The average molecular weight is 342 g/mol. The minimum absolute atomic E-state index is 0.146. The molecule has 0 amide bonds. The molecule has 0 atom stereocenters. The summed E-state index contributed by atoms with van der Waals surface area (Å²) in [4.78, 5) is 15.0. The van der Waals surface area contributed by atoms with Gasteiger partial charge in [0.05, 0.1) is 11.9 Å². The van der Waals surface area contributed by atoms with Crippen LogP contribution in [0, 0.1) is 6.57 Å². The quantitative estimate of drug-likeness (QED) is 0.739. The maximum Gasteiger partial charge on any atom is 0.248 e. The summed E-state index contributed by atoms with van der Waals surface area (Å²) in [6, 6.07) is 1.89. The minimum atomic E-state index is -2.65. The molecule has 0 aliphatic heterocycles. The Hall–Kier alpha value is -2.82. The molecular formula is C17H16F2N6. The van der Waals surface area contributed by atoms with Gasteiger partial charge in [0.25, 0.3) is 0 Å². The van der Waals surface area contributed by atoms with Gasteiger partial charge in [-0.25, -0.2) is 25.3 Å². The molecule has 4 rings (SSSR count). The van der Waals surface area contributed by atoms with Crippen molar-refractivity contribution >= 4 is 11.0 Å². The van der Waals surface area contributed by atoms with E-state index in [2.05, 4.69) is 24.9 Å². The minimum Gasteiger partial charge on any atom is -0.346 e. The first kappa shape index (κ1) is 15.7. The van der Waals surface area contributed by atoms with E-state index in [9.17, 15) is 8.78 Å². The largest absolute Gasteiger partial charge is 0.346 e. The molecule has 1 aliphatic rings. The number of aromatic amines is 1. The number of halogens is 2. The van der Waals surface area contributed by atoms with Gasteiger partial charge in [-0.3, -0.25) is 4.68 Å². The summed E-state index contributed by atoms with van der Waals surface area (Å²) in [5.41, 5.74) is 1.57. The number of H-pyrrole nitrogens is 1. The molecule has 1 fully saturated rings. The molecule has 0 unspecified atom stereocenters. The lowest BCUT2D eigenvalue weighted by atomic mass is 9.80. The monoisotopic (exact) mass is 342 g/mol. The predicted octanol–water partition coefficient (Wildman–Crippen LogP) is 3.65. The smallest absolute Gasteiger partial charge is 0.248 e. The van der Waals surface area contributed by atoms with Crippen molar-refractivity contribution in [3.63, 3.8) is 0 Å². The Morgan fingerprint density at radius 1 is 1.24 bits per heavy atom.